The first-order valence-corrected chi connectivity index (χ1v) is 8.12. The predicted molar refractivity (Wildman–Crippen MR) is 83.3 cm³/mol. The van der Waals surface area contributed by atoms with E-state index in [4.69, 9.17) is 4.74 Å². The van der Waals surface area contributed by atoms with E-state index in [2.05, 4.69) is 36.5 Å². The molecular weight excluding hydrogens is 246 g/mol. The van der Waals surface area contributed by atoms with Crippen LogP contribution in [-0.2, 0) is 0 Å². The predicted octanol–water partition coefficient (Wildman–Crippen LogP) is 3.97. The molecule has 2 atom stereocenters. The summed E-state index contributed by atoms with van der Waals surface area (Å²) in [6.45, 7) is 3.62. The molecule has 2 saturated carbocycles. The minimum absolute atomic E-state index is 0.686. The fraction of sp³-hybridized carbons (Fsp3) is 0.667. The van der Waals surface area contributed by atoms with Crippen LogP contribution < -0.4 is 10.1 Å². The lowest BCUT2D eigenvalue weighted by molar-refractivity contribution is 0.269. The van der Waals surface area contributed by atoms with E-state index in [-0.39, 0.29) is 0 Å². The number of hydrogen-bond donors (Lipinski definition) is 1. The molecule has 0 aromatic heterocycles. The Hall–Kier alpha value is -1.02. The zero-order valence-electron chi connectivity index (χ0n) is 12.8. The molecular formula is C18H27NO. The second-order valence-corrected chi connectivity index (χ2v) is 6.80. The Balaban J connectivity index is 1.44. The van der Waals surface area contributed by atoms with Crippen LogP contribution in [0, 0.1) is 11.8 Å². The van der Waals surface area contributed by atoms with Gasteiger partial charge in [-0.3, -0.25) is 0 Å². The lowest BCUT2D eigenvalue weighted by atomic mass is 9.75. The Labute approximate surface area is 122 Å². The van der Waals surface area contributed by atoms with Crippen molar-refractivity contribution in [3.63, 3.8) is 0 Å². The van der Waals surface area contributed by atoms with Crippen molar-refractivity contribution in [3.8, 4) is 5.75 Å². The lowest BCUT2D eigenvalue weighted by Gasteiger charge is -2.37. The van der Waals surface area contributed by atoms with Crippen molar-refractivity contribution in [3.05, 3.63) is 29.8 Å². The number of ether oxygens (including phenoxy) is 1. The SMILES string of the molecule is COc1ccccc1C1CC(NCC2CCC(C)C2)C1. The molecule has 2 aliphatic carbocycles. The third-order valence-corrected chi connectivity index (χ3v) is 5.22. The highest BCUT2D eigenvalue weighted by Gasteiger charge is 2.32. The molecule has 1 aromatic rings. The minimum atomic E-state index is 0.686. The molecule has 0 saturated heterocycles. The first-order chi connectivity index (χ1) is 9.76. The Bertz CT molecular complexity index is 439. The number of para-hydroxylation sites is 1. The third-order valence-electron chi connectivity index (χ3n) is 5.22. The van der Waals surface area contributed by atoms with E-state index in [1.54, 1.807) is 7.11 Å². The van der Waals surface area contributed by atoms with Gasteiger partial charge in [0.25, 0.3) is 0 Å². The lowest BCUT2D eigenvalue weighted by Crippen LogP contribution is -2.42. The summed E-state index contributed by atoms with van der Waals surface area (Å²) in [5.74, 6) is 3.62. The van der Waals surface area contributed by atoms with Gasteiger partial charge >= 0.3 is 0 Å². The molecule has 0 spiro atoms. The van der Waals surface area contributed by atoms with Crippen molar-refractivity contribution >= 4 is 0 Å². The monoisotopic (exact) mass is 273 g/mol. The second kappa shape index (κ2) is 6.17. The molecule has 2 heteroatoms. The topological polar surface area (TPSA) is 21.3 Å². The third kappa shape index (κ3) is 3.01. The smallest absolute Gasteiger partial charge is 0.122 e. The van der Waals surface area contributed by atoms with Gasteiger partial charge in [0.05, 0.1) is 7.11 Å². The van der Waals surface area contributed by atoms with Gasteiger partial charge in [0, 0.05) is 6.04 Å². The molecule has 0 amide bonds. The number of nitrogens with one attached hydrogen (secondary N) is 1. The van der Waals surface area contributed by atoms with Crippen molar-refractivity contribution in [2.45, 2.75) is 51.0 Å². The summed E-state index contributed by atoms with van der Waals surface area (Å²) in [7, 11) is 1.77. The maximum Gasteiger partial charge on any atom is 0.122 e. The average Bonchev–Trinajstić information content (AvgIpc) is 2.83. The van der Waals surface area contributed by atoms with Gasteiger partial charge in [-0.25, -0.2) is 0 Å². The van der Waals surface area contributed by atoms with Crippen LogP contribution in [0.25, 0.3) is 0 Å². The zero-order valence-corrected chi connectivity index (χ0v) is 12.8. The van der Waals surface area contributed by atoms with Crippen molar-refractivity contribution in [2.24, 2.45) is 11.8 Å². The number of methoxy groups -OCH3 is 1. The quantitative estimate of drug-likeness (QED) is 0.876. The van der Waals surface area contributed by atoms with Crippen LogP contribution >= 0.6 is 0 Å². The normalized spacial score (nSPS) is 32.9. The second-order valence-electron chi connectivity index (χ2n) is 6.80. The number of rotatable bonds is 5. The van der Waals surface area contributed by atoms with Crippen LogP contribution in [0.4, 0.5) is 0 Å². The van der Waals surface area contributed by atoms with Gasteiger partial charge in [-0.05, 0) is 61.6 Å². The van der Waals surface area contributed by atoms with Gasteiger partial charge in [-0.2, -0.15) is 0 Å². The van der Waals surface area contributed by atoms with E-state index in [9.17, 15) is 0 Å². The van der Waals surface area contributed by atoms with Gasteiger partial charge in [0.15, 0.2) is 0 Å². The standard InChI is InChI=1S/C18H27NO/c1-13-7-8-14(9-13)12-19-16-10-15(11-16)17-5-3-4-6-18(17)20-2/h3-6,13-16,19H,7-12H2,1-2H3. The molecule has 2 unspecified atom stereocenters. The summed E-state index contributed by atoms with van der Waals surface area (Å²) in [5.41, 5.74) is 1.39. The molecule has 2 nitrogen and oxygen atoms in total. The highest BCUT2D eigenvalue weighted by atomic mass is 16.5. The molecule has 0 aliphatic heterocycles. The fourth-order valence-corrected chi connectivity index (χ4v) is 3.89. The van der Waals surface area contributed by atoms with Gasteiger partial charge in [0.1, 0.15) is 5.75 Å². The molecule has 0 bridgehead atoms. The zero-order chi connectivity index (χ0) is 13.9. The van der Waals surface area contributed by atoms with Gasteiger partial charge < -0.3 is 10.1 Å². The Morgan fingerprint density at radius 1 is 1.15 bits per heavy atom. The van der Waals surface area contributed by atoms with Crippen LogP contribution in [-0.4, -0.2) is 19.7 Å². The van der Waals surface area contributed by atoms with Crippen molar-refractivity contribution in [2.75, 3.05) is 13.7 Å². The van der Waals surface area contributed by atoms with E-state index < -0.39 is 0 Å². The molecule has 1 aromatic carbocycles. The number of hydrogen-bond acceptors (Lipinski definition) is 2. The van der Waals surface area contributed by atoms with E-state index in [1.807, 2.05) is 0 Å². The molecule has 2 aliphatic rings. The van der Waals surface area contributed by atoms with E-state index in [1.165, 1.54) is 44.2 Å². The molecule has 1 N–H and O–H groups in total. The highest BCUT2D eigenvalue weighted by Crippen LogP contribution is 2.41. The Morgan fingerprint density at radius 2 is 1.95 bits per heavy atom. The van der Waals surface area contributed by atoms with Gasteiger partial charge in [-0.1, -0.05) is 31.5 Å². The summed E-state index contributed by atoms with van der Waals surface area (Å²) in [6, 6.07) is 9.20. The molecule has 20 heavy (non-hydrogen) atoms. The molecule has 3 rings (SSSR count). The largest absolute Gasteiger partial charge is 0.496 e. The first-order valence-electron chi connectivity index (χ1n) is 8.12. The minimum Gasteiger partial charge on any atom is -0.496 e. The number of benzene rings is 1. The van der Waals surface area contributed by atoms with Crippen molar-refractivity contribution in [1.29, 1.82) is 0 Å². The van der Waals surface area contributed by atoms with Crippen molar-refractivity contribution in [1.82, 2.24) is 5.32 Å². The highest BCUT2D eigenvalue weighted by molar-refractivity contribution is 5.37. The summed E-state index contributed by atoms with van der Waals surface area (Å²) >= 11 is 0. The van der Waals surface area contributed by atoms with Gasteiger partial charge in [0.2, 0.25) is 0 Å². The maximum atomic E-state index is 5.47. The molecule has 2 fully saturated rings. The summed E-state index contributed by atoms with van der Waals surface area (Å²) in [4.78, 5) is 0. The van der Waals surface area contributed by atoms with Crippen LogP contribution in [0.3, 0.4) is 0 Å². The van der Waals surface area contributed by atoms with E-state index >= 15 is 0 Å². The molecule has 0 heterocycles. The van der Waals surface area contributed by atoms with E-state index in [0.717, 1.165) is 23.6 Å². The average molecular weight is 273 g/mol. The molecule has 110 valence electrons. The van der Waals surface area contributed by atoms with Gasteiger partial charge in [-0.15, -0.1) is 0 Å². The maximum absolute atomic E-state index is 5.47. The summed E-state index contributed by atoms with van der Waals surface area (Å²) in [6.07, 6.45) is 6.82. The van der Waals surface area contributed by atoms with Crippen LogP contribution in [0.2, 0.25) is 0 Å². The van der Waals surface area contributed by atoms with Crippen LogP contribution in [0.1, 0.15) is 50.5 Å². The van der Waals surface area contributed by atoms with Crippen molar-refractivity contribution < 1.29 is 4.74 Å². The summed E-state index contributed by atoms with van der Waals surface area (Å²) < 4.78 is 5.47. The van der Waals surface area contributed by atoms with E-state index in [0.29, 0.717) is 5.92 Å². The van der Waals surface area contributed by atoms with Crippen LogP contribution in [0.5, 0.6) is 5.75 Å². The Morgan fingerprint density at radius 3 is 2.65 bits per heavy atom. The fourth-order valence-electron chi connectivity index (χ4n) is 3.89. The Kier molecular flexibility index (Phi) is 4.30. The van der Waals surface area contributed by atoms with Crippen LogP contribution in [0.15, 0.2) is 24.3 Å². The first kappa shape index (κ1) is 13.9. The summed E-state index contributed by atoms with van der Waals surface area (Å²) in [5, 5.41) is 3.78. The molecule has 0 radical (unpaired) electrons.